The zero-order chi connectivity index (χ0) is 23.0. The number of carbonyl (C=O) groups is 3. The first-order chi connectivity index (χ1) is 15.3. The predicted octanol–water partition coefficient (Wildman–Crippen LogP) is 4.75. The van der Waals surface area contributed by atoms with Crippen molar-refractivity contribution in [2.45, 2.75) is 46.1 Å². The van der Waals surface area contributed by atoms with Gasteiger partial charge in [0.25, 0.3) is 17.7 Å². The molecule has 6 nitrogen and oxygen atoms in total. The molecular formula is C25H26ClN3O3. The van der Waals surface area contributed by atoms with Gasteiger partial charge in [-0.15, -0.1) is 0 Å². The Morgan fingerprint density at radius 3 is 2.44 bits per heavy atom. The van der Waals surface area contributed by atoms with Gasteiger partial charge in [0.05, 0.1) is 5.69 Å². The highest BCUT2D eigenvalue weighted by molar-refractivity contribution is 6.53. The van der Waals surface area contributed by atoms with Gasteiger partial charge in [-0.1, -0.05) is 23.7 Å². The number of anilines is 2. The molecule has 0 saturated carbocycles. The molecule has 3 amide bonds. The molecule has 2 aliphatic rings. The fourth-order valence-electron chi connectivity index (χ4n) is 4.20. The van der Waals surface area contributed by atoms with Crippen LogP contribution in [0.3, 0.4) is 0 Å². The van der Waals surface area contributed by atoms with Crippen molar-refractivity contribution in [1.29, 1.82) is 0 Å². The van der Waals surface area contributed by atoms with Crippen LogP contribution in [0, 0.1) is 13.8 Å². The summed E-state index contributed by atoms with van der Waals surface area (Å²) in [6.07, 6.45) is 3.19. The van der Waals surface area contributed by atoms with Gasteiger partial charge in [-0.25, -0.2) is 4.90 Å². The number of aryl methyl sites for hydroxylation is 2. The lowest BCUT2D eigenvalue weighted by Gasteiger charge is -2.33. The Bertz CT molecular complexity index is 1120. The average molecular weight is 452 g/mol. The van der Waals surface area contributed by atoms with E-state index in [1.165, 1.54) is 0 Å². The number of nitrogens with zero attached hydrogens (tertiary/aromatic N) is 2. The second kappa shape index (κ2) is 8.79. The molecule has 166 valence electrons. The van der Waals surface area contributed by atoms with E-state index in [0.29, 0.717) is 16.9 Å². The minimum absolute atomic E-state index is 0.00853. The molecule has 4 rings (SSSR count). The number of benzene rings is 2. The number of hydrogen-bond acceptors (Lipinski definition) is 4. The lowest BCUT2D eigenvalue weighted by Crippen LogP contribution is -2.42. The van der Waals surface area contributed by atoms with Crippen LogP contribution in [0.1, 0.15) is 47.7 Å². The quantitative estimate of drug-likeness (QED) is 0.681. The number of halogens is 1. The highest BCUT2D eigenvalue weighted by Gasteiger charge is 2.39. The third kappa shape index (κ3) is 4.02. The Labute approximate surface area is 192 Å². The molecule has 1 atom stereocenters. The number of carbonyl (C=O) groups excluding carboxylic acids is 3. The molecule has 2 heterocycles. The van der Waals surface area contributed by atoms with E-state index >= 15 is 0 Å². The van der Waals surface area contributed by atoms with Gasteiger partial charge in [-0.3, -0.25) is 14.4 Å². The maximum Gasteiger partial charge on any atom is 0.283 e. The number of imide groups is 1. The Kier molecular flexibility index (Phi) is 6.07. The van der Waals surface area contributed by atoms with Crippen LogP contribution in [0.2, 0.25) is 0 Å². The summed E-state index contributed by atoms with van der Waals surface area (Å²) >= 11 is 6.25. The van der Waals surface area contributed by atoms with Gasteiger partial charge in [-0.2, -0.15) is 0 Å². The van der Waals surface area contributed by atoms with Gasteiger partial charge in [-0.05, 0) is 81.5 Å². The normalized spacial score (nSPS) is 19.1. The van der Waals surface area contributed by atoms with E-state index in [9.17, 15) is 14.4 Å². The molecule has 0 aromatic heterocycles. The maximum absolute atomic E-state index is 13.1. The lowest BCUT2D eigenvalue weighted by molar-refractivity contribution is -0.120. The van der Waals surface area contributed by atoms with Crippen molar-refractivity contribution < 1.29 is 14.4 Å². The summed E-state index contributed by atoms with van der Waals surface area (Å²) in [5.41, 5.74) is 3.46. The molecule has 2 aromatic carbocycles. The minimum atomic E-state index is -0.557. The van der Waals surface area contributed by atoms with Gasteiger partial charge >= 0.3 is 0 Å². The van der Waals surface area contributed by atoms with Crippen LogP contribution < -0.4 is 10.2 Å². The van der Waals surface area contributed by atoms with Crippen LogP contribution in [0.5, 0.6) is 0 Å². The fraction of sp³-hybridized carbons (Fsp3) is 0.320. The molecule has 0 bridgehead atoms. The second-order valence-electron chi connectivity index (χ2n) is 8.47. The van der Waals surface area contributed by atoms with E-state index in [1.807, 2.05) is 30.9 Å². The summed E-state index contributed by atoms with van der Waals surface area (Å²) in [6.45, 7) is 6.59. The van der Waals surface area contributed by atoms with E-state index in [2.05, 4.69) is 12.2 Å². The zero-order valence-corrected chi connectivity index (χ0v) is 19.2. The molecule has 7 heteroatoms. The van der Waals surface area contributed by atoms with Gasteiger partial charge in [0.1, 0.15) is 10.7 Å². The molecule has 1 unspecified atom stereocenters. The summed E-state index contributed by atoms with van der Waals surface area (Å²) in [7, 11) is 0. The van der Waals surface area contributed by atoms with E-state index in [1.54, 1.807) is 30.3 Å². The molecular weight excluding hydrogens is 426 g/mol. The SMILES string of the molecule is Cc1ccc(C)c(N2C(=O)C(Cl)=C(Nc3ccc(C(=O)N4CCCCC4C)cc3)C2=O)c1. The van der Waals surface area contributed by atoms with Crippen LogP contribution in [-0.2, 0) is 9.59 Å². The van der Waals surface area contributed by atoms with Crippen LogP contribution in [-0.4, -0.2) is 35.2 Å². The van der Waals surface area contributed by atoms with Crippen molar-refractivity contribution in [3.63, 3.8) is 0 Å². The Morgan fingerprint density at radius 1 is 1.03 bits per heavy atom. The first-order valence-electron chi connectivity index (χ1n) is 10.8. The molecule has 1 saturated heterocycles. The van der Waals surface area contributed by atoms with Crippen molar-refractivity contribution in [1.82, 2.24) is 4.90 Å². The van der Waals surface area contributed by atoms with Crippen LogP contribution >= 0.6 is 11.6 Å². The Balaban J connectivity index is 1.52. The van der Waals surface area contributed by atoms with E-state index in [0.717, 1.165) is 41.8 Å². The summed E-state index contributed by atoms with van der Waals surface area (Å²) < 4.78 is 0. The molecule has 0 aliphatic carbocycles. The third-order valence-electron chi connectivity index (χ3n) is 6.10. The number of rotatable bonds is 4. The predicted molar refractivity (Wildman–Crippen MR) is 126 cm³/mol. The van der Waals surface area contributed by atoms with Crippen LogP contribution in [0.25, 0.3) is 0 Å². The molecule has 0 radical (unpaired) electrons. The van der Waals surface area contributed by atoms with Gasteiger partial charge in [0.15, 0.2) is 0 Å². The summed E-state index contributed by atoms with van der Waals surface area (Å²) in [6, 6.07) is 12.7. The number of piperidine rings is 1. The van der Waals surface area contributed by atoms with Crippen molar-refractivity contribution >= 4 is 40.7 Å². The Morgan fingerprint density at radius 2 is 1.75 bits per heavy atom. The van der Waals surface area contributed by atoms with Gasteiger partial charge < -0.3 is 10.2 Å². The van der Waals surface area contributed by atoms with Crippen LogP contribution in [0.15, 0.2) is 53.2 Å². The molecule has 2 aliphatic heterocycles. The largest absolute Gasteiger partial charge is 0.350 e. The standard InChI is InChI=1S/C25H26ClN3O3/c1-15-7-8-16(2)20(14-15)29-24(31)21(26)22(25(29)32)27-19-11-9-18(10-12-19)23(30)28-13-5-4-6-17(28)3/h7-12,14,17,27H,4-6,13H2,1-3H3. The zero-order valence-electron chi connectivity index (χ0n) is 18.4. The van der Waals surface area contributed by atoms with Gasteiger partial charge in [0.2, 0.25) is 0 Å². The van der Waals surface area contributed by atoms with Crippen molar-refractivity contribution in [2.75, 3.05) is 16.8 Å². The highest BCUT2D eigenvalue weighted by atomic mass is 35.5. The molecule has 0 spiro atoms. The lowest BCUT2D eigenvalue weighted by atomic mass is 10.0. The number of amides is 3. The fourth-order valence-corrected chi connectivity index (χ4v) is 4.41. The number of hydrogen-bond donors (Lipinski definition) is 1. The summed E-state index contributed by atoms with van der Waals surface area (Å²) in [5, 5.41) is 2.82. The average Bonchev–Trinajstić information content (AvgIpc) is 2.99. The monoisotopic (exact) mass is 451 g/mol. The Hall–Kier alpha value is -3.12. The van der Waals surface area contributed by atoms with Crippen molar-refractivity contribution in [3.8, 4) is 0 Å². The molecule has 2 aromatic rings. The molecule has 32 heavy (non-hydrogen) atoms. The molecule has 1 fully saturated rings. The number of likely N-dealkylation sites (tertiary alicyclic amines) is 1. The first kappa shape index (κ1) is 22.1. The van der Waals surface area contributed by atoms with E-state index in [-0.39, 0.29) is 22.7 Å². The van der Waals surface area contributed by atoms with Crippen LogP contribution in [0.4, 0.5) is 11.4 Å². The third-order valence-corrected chi connectivity index (χ3v) is 6.45. The van der Waals surface area contributed by atoms with E-state index in [4.69, 9.17) is 11.6 Å². The minimum Gasteiger partial charge on any atom is -0.350 e. The maximum atomic E-state index is 13.1. The highest BCUT2D eigenvalue weighted by Crippen LogP contribution is 2.32. The summed E-state index contributed by atoms with van der Waals surface area (Å²) in [5.74, 6) is -1.05. The number of nitrogens with one attached hydrogen (secondary N) is 1. The topological polar surface area (TPSA) is 69.7 Å². The summed E-state index contributed by atoms with van der Waals surface area (Å²) in [4.78, 5) is 41.7. The van der Waals surface area contributed by atoms with Crippen molar-refractivity contribution in [3.05, 3.63) is 69.9 Å². The van der Waals surface area contributed by atoms with E-state index < -0.39 is 11.8 Å². The first-order valence-corrected chi connectivity index (χ1v) is 11.2. The van der Waals surface area contributed by atoms with Crippen molar-refractivity contribution in [2.24, 2.45) is 0 Å². The smallest absolute Gasteiger partial charge is 0.283 e. The second-order valence-corrected chi connectivity index (χ2v) is 8.85. The van der Waals surface area contributed by atoms with Gasteiger partial charge in [0, 0.05) is 23.8 Å². The molecule has 1 N–H and O–H groups in total.